The molecular weight excluding hydrogens is 230 g/mol. The fraction of sp³-hybridized carbons (Fsp3) is 0.538. The number of anilines is 2. The van der Waals surface area contributed by atoms with Crippen LogP contribution in [-0.4, -0.2) is 30.6 Å². The SMILES string of the molecule is CCCN(CC)c1cnc(N)cc1C(=O)OCC. The minimum absolute atomic E-state index is 0.328. The van der Waals surface area contributed by atoms with E-state index in [1.54, 1.807) is 19.2 Å². The Bertz CT molecular complexity index is 407. The van der Waals surface area contributed by atoms with Crippen LogP contribution in [-0.2, 0) is 4.74 Å². The number of aromatic nitrogens is 1. The van der Waals surface area contributed by atoms with Crippen molar-refractivity contribution in [1.29, 1.82) is 0 Å². The van der Waals surface area contributed by atoms with Crippen LogP contribution < -0.4 is 10.6 Å². The quantitative estimate of drug-likeness (QED) is 0.784. The van der Waals surface area contributed by atoms with Gasteiger partial charge in [0.25, 0.3) is 0 Å². The van der Waals surface area contributed by atoms with Gasteiger partial charge in [0.2, 0.25) is 0 Å². The Morgan fingerprint density at radius 2 is 2.17 bits per heavy atom. The van der Waals surface area contributed by atoms with Gasteiger partial charge in [-0.15, -0.1) is 0 Å². The number of rotatable bonds is 6. The van der Waals surface area contributed by atoms with Gasteiger partial charge in [0, 0.05) is 13.1 Å². The van der Waals surface area contributed by atoms with E-state index in [0.717, 1.165) is 25.2 Å². The lowest BCUT2D eigenvalue weighted by molar-refractivity contribution is 0.0527. The highest BCUT2D eigenvalue weighted by molar-refractivity contribution is 5.96. The van der Waals surface area contributed by atoms with Crippen molar-refractivity contribution in [2.75, 3.05) is 30.3 Å². The second-order valence-electron chi connectivity index (χ2n) is 3.93. The van der Waals surface area contributed by atoms with Crippen LogP contribution in [0, 0.1) is 0 Å². The van der Waals surface area contributed by atoms with E-state index in [2.05, 4.69) is 16.8 Å². The van der Waals surface area contributed by atoms with Gasteiger partial charge in [-0.25, -0.2) is 9.78 Å². The third-order valence-corrected chi connectivity index (χ3v) is 2.62. The molecule has 5 heteroatoms. The van der Waals surface area contributed by atoms with Crippen molar-refractivity contribution in [3.8, 4) is 0 Å². The normalized spacial score (nSPS) is 10.2. The summed E-state index contributed by atoms with van der Waals surface area (Å²) >= 11 is 0. The van der Waals surface area contributed by atoms with Gasteiger partial charge < -0.3 is 15.4 Å². The molecule has 2 N–H and O–H groups in total. The van der Waals surface area contributed by atoms with Gasteiger partial charge in [0.1, 0.15) is 5.82 Å². The zero-order valence-electron chi connectivity index (χ0n) is 11.3. The molecule has 0 fully saturated rings. The van der Waals surface area contributed by atoms with Crippen LogP contribution in [0.3, 0.4) is 0 Å². The molecule has 1 rings (SSSR count). The van der Waals surface area contributed by atoms with E-state index in [0.29, 0.717) is 18.0 Å². The van der Waals surface area contributed by atoms with Gasteiger partial charge in [-0.1, -0.05) is 6.92 Å². The maximum absolute atomic E-state index is 11.9. The molecule has 5 nitrogen and oxygen atoms in total. The lowest BCUT2D eigenvalue weighted by atomic mass is 10.2. The standard InChI is InChI=1S/C13H21N3O2/c1-4-7-16(5-2)11-9-15-12(14)8-10(11)13(17)18-6-3/h8-9H,4-7H2,1-3H3,(H2,14,15). The van der Waals surface area contributed by atoms with Gasteiger partial charge in [-0.05, 0) is 26.3 Å². The summed E-state index contributed by atoms with van der Waals surface area (Å²) < 4.78 is 5.05. The highest BCUT2D eigenvalue weighted by Crippen LogP contribution is 2.22. The Labute approximate surface area is 108 Å². The first-order valence-electron chi connectivity index (χ1n) is 6.31. The monoisotopic (exact) mass is 251 g/mol. The maximum atomic E-state index is 11.9. The average molecular weight is 251 g/mol. The predicted molar refractivity (Wildman–Crippen MR) is 72.8 cm³/mol. The van der Waals surface area contributed by atoms with Crippen molar-refractivity contribution in [2.24, 2.45) is 0 Å². The zero-order valence-corrected chi connectivity index (χ0v) is 11.3. The molecule has 0 atom stereocenters. The molecule has 18 heavy (non-hydrogen) atoms. The van der Waals surface area contributed by atoms with Gasteiger partial charge >= 0.3 is 5.97 Å². The Morgan fingerprint density at radius 1 is 1.44 bits per heavy atom. The van der Waals surface area contributed by atoms with Crippen LogP contribution >= 0.6 is 0 Å². The molecule has 0 radical (unpaired) electrons. The summed E-state index contributed by atoms with van der Waals surface area (Å²) in [6.45, 7) is 7.95. The summed E-state index contributed by atoms with van der Waals surface area (Å²) in [5, 5.41) is 0. The smallest absolute Gasteiger partial charge is 0.340 e. The number of hydrogen-bond donors (Lipinski definition) is 1. The number of carbonyl (C=O) groups is 1. The van der Waals surface area contributed by atoms with E-state index in [9.17, 15) is 4.79 Å². The average Bonchev–Trinajstić information content (AvgIpc) is 2.36. The Hall–Kier alpha value is -1.78. The molecule has 0 spiro atoms. The summed E-state index contributed by atoms with van der Waals surface area (Å²) in [5.74, 6) is -0.0227. The van der Waals surface area contributed by atoms with E-state index in [4.69, 9.17) is 10.5 Å². The lowest BCUT2D eigenvalue weighted by Crippen LogP contribution is -2.26. The van der Waals surface area contributed by atoms with Gasteiger partial charge in [0.15, 0.2) is 0 Å². The van der Waals surface area contributed by atoms with Crippen molar-refractivity contribution in [1.82, 2.24) is 4.98 Å². The number of pyridine rings is 1. The molecule has 0 aliphatic heterocycles. The highest BCUT2D eigenvalue weighted by atomic mass is 16.5. The molecule has 1 aromatic rings. The van der Waals surface area contributed by atoms with Crippen LogP contribution in [0.4, 0.5) is 11.5 Å². The number of ether oxygens (including phenoxy) is 1. The third kappa shape index (κ3) is 3.35. The van der Waals surface area contributed by atoms with Crippen molar-refractivity contribution < 1.29 is 9.53 Å². The Kier molecular flexibility index (Phi) is 5.42. The molecule has 0 bridgehead atoms. The van der Waals surface area contributed by atoms with Crippen LogP contribution in [0.1, 0.15) is 37.6 Å². The summed E-state index contributed by atoms with van der Waals surface area (Å²) in [4.78, 5) is 18.1. The van der Waals surface area contributed by atoms with Crippen molar-refractivity contribution >= 4 is 17.5 Å². The first kappa shape index (κ1) is 14.3. The molecule has 0 amide bonds. The molecule has 0 aromatic carbocycles. The minimum Gasteiger partial charge on any atom is -0.462 e. The zero-order chi connectivity index (χ0) is 13.5. The van der Waals surface area contributed by atoms with E-state index in [1.807, 2.05) is 6.92 Å². The number of hydrogen-bond acceptors (Lipinski definition) is 5. The third-order valence-electron chi connectivity index (χ3n) is 2.62. The Balaban J connectivity index is 3.12. The largest absolute Gasteiger partial charge is 0.462 e. The summed E-state index contributed by atoms with van der Waals surface area (Å²) in [6, 6.07) is 1.58. The van der Waals surface area contributed by atoms with Crippen molar-refractivity contribution in [2.45, 2.75) is 27.2 Å². The van der Waals surface area contributed by atoms with Crippen LogP contribution in [0.2, 0.25) is 0 Å². The molecule has 0 saturated carbocycles. The molecular formula is C13H21N3O2. The predicted octanol–water partition coefficient (Wildman–Crippen LogP) is 2.08. The number of nitrogen functional groups attached to an aromatic ring is 1. The Morgan fingerprint density at radius 3 is 2.72 bits per heavy atom. The van der Waals surface area contributed by atoms with Crippen LogP contribution in [0.15, 0.2) is 12.3 Å². The van der Waals surface area contributed by atoms with Crippen LogP contribution in [0.5, 0.6) is 0 Å². The number of carbonyl (C=O) groups excluding carboxylic acids is 1. The molecule has 0 unspecified atom stereocenters. The first-order chi connectivity index (χ1) is 8.63. The molecule has 1 aromatic heterocycles. The molecule has 1 heterocycles. The fourth-order valence-electron chi connectivity index (χ4n) is 1.81. The van der Waals surface area contributed by atoms with Crippen LogP contribution in [0.25, 0.3) is 0 Å². The second kappa shape index (κ2) is 6.83. The topological polar surface area (TPSA) is 68.5 Å². The van der Waals surface area contributed by atoms with E-state index >= 15 is 0 Å². The summed E-state index contributed by atoms with van der Waals surface area (Å²) in [7, 11) is 0. The van der Waals surface area contributed by atoms with Crippen molar-refractivity contribution in [3.63, 3.8) is 0 Å². The highest BCUT2D eigenvalue weighted by Gasteiger charge is 2.17. The lowest BCUT2D eigenvalue weighted by Gasteiger charge is -2.24. The van der Waals surface area contributed by atoms with E-state index in [1.165, 1.54) is 0 Å². The van der Waals surface area contributed by atoms with Gasteiger partial charge in [-0.2, -0.15) is 0 Å². The van der Waals surface area contributed by atoms with E-state index < -0.39 is 0 Å². The van der Waals surface area contributed by atoms with Gasteiger partial charge in [0.05, 0.1) is 24.1 Å². The number of esters is 1. The van der Waals surface area contributed by atoms with Gasteiger partial charge in [-0.3, -0.25) is 0 Å². The number of nitrogens with zero attached hydrogens (tertiary/aromatic N) is 2. The minimum atomic E-state index is -0.351. The maximum Gasteiger partial charge on any atom is 0.340 e. The number of nitrogens with two attached hydrogens (primary N) is 1. The first-order valence-corrected chi connectivity index (χ1v) is 6.31. The van der Waals surface area contributed by atoms with Crippen molar-refractivity contribution in [3.05, 3.63) is 17.8 Å². The molecule has 100 valence electrons. The molecule has 0 aliphatic carbocycles. The van der Waals surface area contributed by atoms with E-state index in [-0.39, 0.29) is 5.97 Å². The second-order valence-corrected chi connectivity index (χ2v) is 3.93. The summed E-state index contributed by atoms with van der Waals surface area (Å²) in [5.41, 5.74) is 6.91. The fourth-order valence-corrected chi connectivity index (χ4v) is 1.81. The molecule has 0 aliphatic rings. The summed E-state index contributed by atoms with van der Waals surface area (Å²) in [6.07, 6.45) is 2.64. The molecule has 0 saturated heterocycles.